The summed E-state index contributed by atoms with van der Waals surface area (Å²) in [6.07, 6.45) is -3.12. The van der Waals surface area contributed by atoms with Crippen LogP contribution in [0.3, 0.4) is 0 Å². The van der Waals surface area contributed by atoms with Crippen LogP contribution in [-0.2, 0) is 10.0 Å². The first-order chi connectivity index (χ1) is 19.1. The molecule has 0 bridgehead atoms. The summed E-state index contributed by atoms with van der Waals surface area (Å²) in [5.41, 5.74) is -0.756. The molecule has 14 heteroatoms. The number of nitrogens with one attached hydrogen (secondary N) is 2. The van der Waals surface area contributed by atoms with Crippen LogP contribution >= 0.6 is 11.3 Å². The van der Waals surface area contributed by atoms with E-state index in [-0.39, 0.29) is 33.4 Å². The predicted molar refractivity (Wildman–Crippen MR) is 149 cm³/mol. The van der Waals surface area contributed by atoms with Crippen molar-refractivity contribution in [2.75, 3.05) is 26.2 Å². The van der Waals surface area contributed by atoms with Crippen molar-refractivity contribution in [1.82, 2.24) is 19.9 Å². The first-order valence-corrected chi connectivity index (χ1v) is 15.2. The molecule has 1 aromatic heterocycles. The average Bonchev–Trinajstić information content (AvgIpc) is 3.34. The number of amides is 2. The fraction of sp³-hybridized carbons (Fsp3) is 0.444. The van der Waals surface area contributed by atoms with Gasteiger partial charge in [0.2, 0.25) is 10.0 Å². The lowest BCUT2D eigenvalue weighted by atomic mass is 9.98. The van der Waals surface area contributed by atoms with Crippen LogP contribution in [0.5, 0.6) is 0 Å². The molecule has 1 fully saturated rings. The summed E-state index contributed by atoms with van der Waals surface area (Å²) in [4.78, 5) is 32.7. The molecule has 9 nitrogen and oxygen atoms in total. The zero-order valence-electron chi connectivity index (χ0n) is 22.7. The molecule has 0 saturated carbocycles. The molecule has 0 aliphatic carbocycles. The molecule has 3 aromatic rings. The number of fused-ring (bicyclic) bond motifs is 1. The molecule has 1 aliphatic rings. The molecule has 0 unspecified atom stereocenters. The normalized spacial score (nSPS) is 15.3. The van der Waals surface area contributed by atoms with Gasteiger partial charge in [0, 0.05) is 30.6 Å². The molecule has 4 rings (SSSR count). The highest BCUT2D eigenvalue weighted by molar-refractivity contribution is 7.89. The fourth-order valence-corrected chi connectivity index (χ4v) is 6.67. The maximum atomic E-state index is 13.7. The molecule has 2 heterocycles. The van der Waals surface area contributed by atoms with Crippen LogP contribution < -0.4 is 10.0 Å². The Kier molecular flexibility index (Phi) is 8.79. The Hall–Kier alpha value is -3.07. The highest BCUT2D eigenvalue weighted by Crippen LogP contribution is 2.39. The number of aliphatic hydroxyl groups is 1. The van der Waals surface area contributed by atoms with Gasteiger partial charge < -0.3 is 15.3 Å². The lowest BCUT2D eigenvalue weighted by molar-refractivity contribution is -0.121. The molecule has 41 heavy (non-hydrogen) atoms. The number of benzene rings is 2. The number of thiazole rings is 1. The second kappa shape index (κ2) is 11.7. The molecule has 0 atom stereocenters. The SMILES string of the molecule is CC1CCN(C(=O)c2nc(C(=O)NCC(C)(C)O)sc2-c2ccc(S(=O)(=O)NCC(F)(F)F)c3ccccc23)CC1. The Morgan fingerprint density at radius 2 is 1.71 bits per heavy atom. The van der Waals surface area contributed by atoms with E-state index in [9.17, 15) is 36.3 Å². The van der Waals surface area contributed by atoms with Gasteiger partial charge in [0.25, 0.3) is 11.8 Å². The van der Waals surface area contributed by atoms with E-state index < -0.39 is 34.3 Å². The van der Waals surface area contributed by atoms with Gasteiger partial charge in [-0.15, -0.1) is 11.3 Å². The number of rotatable bonds is 8. The fourth-order valence-electron chi connectivity index (χ4n) is 4.44. The molecule has 1 saturated heterocycles. The molecule has 1 aliphatic heterocycles. The molecule has 0 radical (unpaired) electrons. The number of hydrogen-bond donors (Lipinski definition) is 3. The van der Waals surface area contributed by atoms with Crippen LogP contribution in [-0.4, -0.2) is 73.2 Å². The number of carbonyl (C=O) groups is 2. The van der Waals surface area contributed by atoms with Crippen molar-refractivity contribution >= 4 is 43.9 Å². The van der Waals surface area contributed by atoms with Crippen LogP contribution in [0.25, 0.3) is 21.2 Å². The topological polar surface area (TPSA) is 129 Å². The summed E-state index contributed by atoms with van der Waals surface area (Å²) in [6, 6.07) is 8.84. The Labute approximate surface area is 239 Å². The highest BCUT2D eigenvalue weighted by Gasteiger charge is 2.32. The largest absolute Gasteiger partial charge is 0.402 e. The smallest absolute Gasteiger partial charge is 0.389 e. The molecule has 2 amide bonds. The lowest BCUT2D eigenvalue weighted by Gasteiger charge is -2.30. The number of halogens is 3. The number of sulfonamides is 1. The van der Waals surface area contributed by atoms with Crippen molar-refractivity contribution in [3.05, 3.63) is 47.1 Å². The summed E-state index contributed by atoms with van der Waals surface area (Å²) < 4.78 is 65.6. The van der Waals surface area contributed by atoms with E-state index in [4.69, 9.17) is 0 Å². The van der Waals surface area contributed by atoms with E-state index in [1.807, 2.05) is 0 Å². The van der Waals surface area contributed by atoms with E-state index in [0.29, 0.717) is 34.8 Å². The Morgan fingerprint density at radius 1 is 1.07 bits per heavy atom. The maximum Gasteiger partial charge on any atom is 0.402 e. The third kappa shape index (κ3) is 7.42. The molecule has 2 aromatic carbocycles. The van der Waals surface area contributed by atoms with Gasteiger partial charge in [0.05, 0.1) is 15.4 Å². The molecule has 3 N–H and O–H groups in total. The third-order valence-electron chi connectivity index (χ3n) is 6.66. The number of carbonyl (C=O) groups excluding carboxylic acids is 2. The van der Waals surface area contributed by atoms with Crippen LogP contribution in [0.2, 0.25) is 0 Å². The molecule has 222 valence electrons. The summed E-state index contributed by atoms with van der Waals surface area (Å²) in [6.45, 7) is 4.40. The first-order valence-electron chi connectivity index (χ1n) is 12.9. The zero-order valence-corrected chi connectivity index (χ0v) is 24.3. The summed E-state index contributed by atoms with van der Waals surface area (Å²) in [5, 5.41) is 13.1. The minimum Gasteiger partial charge on any atom is -0.389 e. The second-order valence-corrected chi connectivity index (χ2v) is 13.5. The van der Waals surface area contributed by atoms with Crippen molar-refractivity contribution in [3.63, 3.8) is 0 Å². The van der Waals surface area contributed by atoms with Gasteiger partial charge in [-0.2, -0.15) is 13.2 Å². The van der Waals surface area contributed by atoms with Crippen LogP contribution in [0.1, 0.15) is 53.9 Å². The van der Waals surface area contributed by atoms with Gasteiger partial charge in [-0.05, 0) is 44.1 Å². The monoisotopic (exact) mass is 612 g/mol. The van der Waals surface area contributed by atoms with Gasteiger partial charge in [-0.1, -0.05) is 37.3 Å². The van der Waals surface area contributed by atoms with Crippen LogP contribution in [0.15, 0.2) is 41.3 Å². The average molecular weight is 613 g/mol. The summed E-state index contributed by atoms with van der Waals surface area (Å²) in [5.74, 6) is -0.511. The Bertz CT molecular complexity index is 1560. The second-order valence-electron chi connectivity index (χ2n) is 10.8. The number of nitrogens with zero attached hydrogens (tertiary/aromatic N) is 2. The van der Waals surface area contributed by atoms with Gasteiger partial charge >= 0.3 is 6.18 Å². The van der Waals surface area contributed by atoms with Crippen molar-refractivity contribution in [3.8, 4) is 10.4 Å². The van der Waals surface area contributed by atoms with E-state index in [2.05, 4.69) is 17.2 Å². The minimum atomic E-state index is -4.74. The van der Waals surface area contributed by atoms with Crippen molar-refractivity contribution < 1.29 is 36.3 Å². The number of likely N-dealkylation sites (tertiary alicyclic amines) is 1. The van der Waals surface area contributed by atoms with E-state index in [1.165, 1.54) is 32.0 Å². The van der Waals surface area contributed by atoms with Crippen molar-refractivity contribution in [2.45, 2.75) is 50.3 Å². The molecular weight excluding hydrogens is 581 g/mol. The molecule has 0 spiro atoms. The van der Waals surface area contributed by atoms with E-state index in [1.54, 1.807) is 27.8 Å². The minimum absolute atomic E-state index is 0.0221. The van der Waals surface area contributed by atoms with Crippen LogP contribution in [0, 0.1) is 5.92 Å². The van der Waals surface area contributed by atoms with Crippen molar-refractivity contribution in [2.24, 2.45) is 5.92 Å². The maximum absolute atomic E-state index is 13.7. The van der Waals surface area contributed by atoms with Gasteiger partial charge in [0.15, 0.2) is 5.01 Å². The highest BCUT2D eigenvalue weighted by atomic mass is 32.2. The third-order valence-corrected chi connectivity index (χ3v) is 9.20. The first kappa shape index (κ1) is 30.9. The quantitative estimate of drug-likeness (QED) is 0.350. The van der Waals surface area contributed by atoms with Gasteiger partial charge in [0.1, 0.15) is 12.2 Å². The van der Waals surface area contributed by atoms with Crippen LogP contribution in [0.4, 0.5) is 13.2 Å². The number of hydrogen-bond acceptors (Lipinski definition) is 7. The summed E-state index contributed by atoms with van der Waals surface area (Å²) in [7, 11) is -4.54. The predicted octanol–water partition coefficient (Wildman–Crippen LogP) is 4.18. The van der Waals surface area contributed by atoms with E-state index in [0.717, 1.165) is 24.2 Å². The molecular formula is C27H31F3N4O5S2. The lowest BCUT2D eigenvalue weighted by Crippen LogP contribution is -2.39. The Morgan fingerprint density at radius 3 is 2.32 bits per heavy atom. The van der Waals surface area contributed by atoms with Crippen molar-refractivity contribution in [1.29, 1.82) is 0 Å². The Balaban J connectivity index is 1.82. The number of piperidine rings is 1. The zero-order chi connectivity index (χ0) is 30.2. The van der Waals surface area contributed by atoms with E-state index >= 15 is 0 Å². The summed E-state index contributed by atoms with van der Waals surface area (Å²) >= 11 is 0.940. The van der Waals surface area contributed by atoms with Gasteiger partial charge in [-0.3, -0.25) is 9.59 Å². The number of aromatic nitrogens is 1. The number of alkyl halides is 3. The van der Waals surface area contributed by atoms with Gasteiger partial charge in [-0.25, -0.2) is 18.1 Å². The standard InChI is InChI=1S/C27H31F3N4O5S2/c1-16-10-12-34(13-11-16)25(36)21-22(40-24(33-21)23(35)31-14-26(2,3)37)19-8-9-20(18-7-5-4-6-17(18)19)41(38,39)32-15-27(28,29)30/h4-9,16,32,37H,10-15H2,1-3H3,(H,31,35).